The Labute approximate surface area is 385 Å². The summed E-state index contributed by atoms with van der Waals surface area (Å²) in [6.07, 6.45) is 71.3. The van der Waals surface area contributed by atoms with E-state index in [0.29, 0.717) is 12.8 Å². The van der Waals surface area contributed by atoms with Gasteiger partial charge < -0.3 is 14.2 Å². The standard InChI is InChI=1S/C57H86O6/c1-4-7-10-13-16-19-22-25-26-27-28-29-30-33-35-38-41-44-47-50-56(59)62-53-54(63-57(60)51-48-45-42-39-36-32-24-21-18-15-12-9-6-3)52-61-55(58)49-46-43-40-37-34-31-23-20-17-14-11-8-5-2/h7-12,14-21,23-26,28-29,33,35,41,44,54H,4-6,13,22,27,30-32,34,36-40,42-43,45-53H2,1-3H3/b10-7+,11-8+,12-9+,17-14+,18-15+,19-16+,23-20+,24-21+,26-25+,29-28+,35-33+,44-41+. The Morgan fingerprint density at radius 2 is 0.683 bits per heavy atom. The number of carbonyl (C=O) groups is 3. The van der Waals surface area contributed by atoms with Crippen molar-refractivity contribution in [2.75, 3.05) is 13.2 Å². The summed E-state index contributed by atoms with van der Waals surface area (Å²) in [5.74, 6) is -1.07. The summed E-state index contributed by atoms with van der Waals surface area (Å²) in [6, 6.07) is 0. The molecule has 6 nitrogen and oxygen atoms in total. The number of rotatable bonds is 41. The number of unbranched alkanes of at least 4 members (excludes halogenated alkanes) is 10. The van der Waals surface area contributed by atoms with Crippen LogP contribution in [0.4, 0.5) is 0 Å². The molecular formula is C57H86O6. The molecule has 6 heteroatoms. The third-order valence-corrected chi connectivity index (χ3v) is 9.46. The van der Waals surface area contributed by atoms with Crippen LogP contribution < -0.4 is 0 Å². The van der Waals surface area contributed by atoms with E-state index in [2.05, 4.69) is 142 Å². The number of hydrogen-bond acceptors (Lipinski definition) is 6. The average molecular weight is 867 g/mol. The molecular weight excluding hydrogens is 781 g/mol. The normalized spacial score (nSPS) is 13.4. The van der Waals surface area contributed by atoms with Gasteiger partial charge in [-0.05, 0) is 96.3 Å². The van der Waals surface area contributed by atoms with Crippen LogP contribution in [0.5, 0.6) is 0 Å². The van der Waals surface area contributed by atoms with Gasteiger partial charge in [0.2, 0.25) is 0 Å². The molecule has 350 valence electrons. The lowest BCUT2D eigenvalue weighted by molar-refractivity contribution is -0.166. The van der Waals surface area contributed by atoms with E-state index in [9.17, 15) is 14.4 Å². The minimum absolute atomic E-state index is 0.127. The fourth-order valence-corrected chi connectivity index (χ4v) is 5.88. The van der Waals surface area contributed by atoms with Crippen molar-refractivity contribution in [1.29, 1.82) is 0 Å². The molecule has 0 saturated carbocycles. The predicted octanol–water partition coefficient (Wildman–Crippen LogP) is 16.1. The zero-order valence-electron chi connectivity index (χ0n) is 39.8. The largest absolute Gasteiger partial charge is 0.462 e. The summed E-state index contributed by atoms with van der Waals surface area (Å²) in [6.45, 7) is 6.12. The van der Waals surface area contributed by atoms with Gasteiger partial charge in [-0.2, -0.15) is 0 Å². The van der Waals surface area contributed by atoms with Crippen molar-refractivity contribution in [1.82, 2.24) is 0 Å². The van der Waals surface area contributed by atoms with Gasteiger partial charge in [0.25, 0.3) is 0 Å². The van der Waals surface area contributed by atoms with Gasteiger partial charge >= 0.3 is 17.9 Å². The molecule has 0 heterocycles. The maximum absolute atomic E-state index is 12.8. The Balaban J connectivity index is 4.58. The third-order valence-electron chi connectivity index (χ3n) is 9.46. The van der Waals surface area contributed by atoms with Crippen molar-refractivity contribution in [2.45, 2.75) is 181 Å². The van der Waals surface area contributed by atoms with Crippen molar-refractivity contribution >= 4 is 17.9 Å². The van der Waals surface area contributed by atoms with E-state index in [0.717, 1.165) is 128 Å². The molecule has 0 radical (unpaired) electrons. The van der Waals surface area contributed by atoms with Crippen molar-refractivity contribution in [2.24, 2.45) is 0 Å². The van der Waals surface area contributed by atoms with Crippen LogP contribution in [0.2, 0.25) is 0 Å². The Bertz CT molecular complexity index is 1460. The number of ether oxygens (including phenoxy) is 3. The average Bonchev–Trinajstić information content (AvgIpc) is 3.28. The SMILES string of the molecule is CC/C=C/C=C/C=C/CCCCCCCC(=O)OCC(COC(=O)CC/C=C/C/C=C/C/C=C/C/C=C/C/C=C/C/C=C/CC)OC(=O)CCCCCCC/C=C/C=C/C=C/CC. The van der Waals surface area contributed by atoms with Gasteiger partial charge in [-0.15, -0.1) is 0 Å². The molecule has 0 aliphatic heterocycles. The monoisotopic (exact) mass is 867 g/mol. The molecule has 0 rings (SSSR count). The van der Waals surface area contributed by atoms with Gasteiger partial charge in [0.05, 0.1) is 0 Å². The lowest BCUT2D eigenvalue weighted by Crippen LogP contribution is -2.30. The highest BCUT2D eigenvalue weighted by atomic mass is 16.6. The van der Waals surface area contributed by atoms with Gasteiger partial charge in [-0.1, -0.05) is 205 Å². The summed E-state index contributed by atoms with van der Waals surface area (Å²) in [5.41, 5.74) is 0. The quantitative estimate of drug-likeness (QED) is 0.0200. The Morgan fingerprint density at radius 1 is 0.333 bits per heavy atom. The number of carbonyl (C=O) groups excluding carboxylic acids is 3. The third kappa shape index (κ3) is 48.2. The van der Waals surface area contributed by atoms with Crippen LogP contribution in [-0.2, 0) is 28.6 Å². The van der Waals surface area contributed by atoms with Gasteiger partial charge in [0.1, 0.15) is 13.2 Å². The van der Waals surface area contributed by atoms with Gasteiger partial charge in [0.15, 0.2) is 6.10 Å². The van der Waals surface area contributed by atoms with Crippen LogP contribution in [0.1, 0.15) is 175 Å². The maximum Gasteiger partial charge on any atom is 0.306 e. The van der Waals surface area contributed by atoms with Crippen LogP contribution in [0.15, 0.2) is 146 Å². The molecule has 0 spiro atoms. The van der Waals surface area contributed by atoms with Crippen molar-refractivity contribution in [3.05, 3.63) is 146 Å². The zero-order chi connectivity index (χ0) is 45.8. The Kier molecular flexibility index (Phi) is 46.2. The minimum atomic E-state index is -0.833. The van der Waals surface area contributed by atoms with Gasteiger partial charge in [-0.25, -0.2) is 0 Å². The van der Waals surface area contributed by atoms with Crippen LogP contribution in [0.3, 0.4) is 0 Å². The molecule has 0 fully saturated rings. The summed E-state index contributed by atoms with van der Waals surface area (Å²) in [7, 11) is 0. The highest BCUT2D eigenvalue weighted by Crippen LogP contribution is 2.12. The van der Waals surface area contributed by atoms with E-state index in [1.165, 1.54) is 0 Å². The highest BCUT2D eigenvalue weighted by Gasteiger charge is 2.19. The van der Waals surface area contributed by atoms with Crippen molar-refractivity contribution in [3.63, 3.8) is 0 Å². The highest BCUT2D eigenvalue weighted by molar-refractivity contribution is 5.71. The molecule has 0 saturated heterocycles. The molecule has 0 amide bonds. The fourth-order valence-electron chi connectivity index (χ4n) is 5.88. The molecule has 63 heavy (non-hydrogen) atoms. The summed E-state index contributed by atoms with van der Waals surface area (Å²) in [4.78, 5) is 37.9. The molecule has 0 aliphatic carbocycles. The van der Waals surface area contributed by atoms with Gasteiger partial charge in [0, 0.05) is 19.3 Å². The van der Waals surface area contributed by atoms with E-state index in [-0.39, 0.29) is 44.0 Å². The van der Waals surface area contributed by atoms with Crippen LogP contribution >= 0.6 is 0 Å². The van der Waals surface area contributed by atoms with E-state index in [1.54, 1.807) is 0 Å². The number of allylic oxidation sites excluding steroid dienone is 24. The molecule has 0 N–H and O–H groups in total. The topological polar surface area (TPSA) is 78.9 Å². The Morgan fingerprint density at radius 3 is 1.13 bits per heavy atom. The minimum Gasteiger partial charge on any atom is -0.462 e. The maximum atomic E-state index is 12.8. The number of hydrogen-bond donors (Lipinski definition) is 0. The smallest absolute Gasteiger partial charge is 0.306 e. The first-order chi connectivity index (χ1) is 31.0. The van der Waals surface area contributed by atoms with E-state index >= 15 is 0 Å². The molecule has 0 bridgehead atoms. The zero-order valence-corrected chi connectivity index (χ0v) is 39.8. The molecule has 1 unspecified atom stereocenters. The molecule has 0 aromatic rings. The second-order valence-corrected chi connectivity index (χ2v) is 15.3. The van der Waals surface area contributed by atoms with E-state index in [4.69, 9.17) is 14.2 Å². The summed E-state index contributed by atoms with van der Waals surface area (Å²) >= 11 is 0. The lowest BCUT2D eigenvalue weighted by Gasteiger charge is -2.18. The van der Waals surface area contributed by atoms with Crippen molar-refractivity contribution < 1.29 is 28.6 Å². The molecule has 0 aromatic heterocycles. The number of esters is 3. The lowest BCUT2D eigenvalue weighted by atomic mass is 10.1. The van der Waals surface area contributed by atoms with E-state index < -0.39 is 6.10 Å². The molecule has 0 aliphatic rings. The first-order valence-electron chi connectivity index (χ1n) is 24.4. The van der Waals surface area contributed by atoms with Gasteiger partial charge in [-0.3, -0.25) is 14.4 Å². The van der Waals surface area contributed by atoms with Crippen LogP contribution in [0.25, 0.3) is 0 Å². The molecule has 1 atom stereocenters. The van der Waals surface area contributed by atoms with E-state index in [1.807, 2.05) is 24.3 Å². The summed E-state index contributed by atoms with van der Waals surface area (Å²) < 4.78 is 16.6. The van der Waals surface area contributed by atoms with Crippen molar-refractivity contribution in [3.8, 4) is 0 Å². The Hall–Kier alpha value is -4.71. The fraction of sp³-hybridized carbons (Fsp3) is 0.526. The van der Waals surface area contributed by atoms with Crippen LogP contribution in [-0.4, -0.2) is 37.2 Å². The summed E-state index contributed by atoms with van der Waals surface area (Å²) in [5, 5.41) is 0. The second-order valence-electron chi connectivity index (χ2n) is 15.3. The molecule has 0 aromatic carbocycles. The second kappa shape index (κ2) is 49.9. The predicted molar refractivity (Wildman–Crippen MR) is 269 cm³/mol. The first-order valence-corrected chi connectivity index (χ1v) is 24.4. The van der Waals surface area contributed by atoms with Crippen LogP contribution in [0, 0.1) is 0 Å². The first kappa shape index (κ1) is 58.3.